The van der Waals surface area contributed by atoms with E-state index in [1.807, 2.05) is 60.7 Å². The van der Waals surface area contributed by atoms with Crippen molar-refractivity contribution in [2.24, 2.45) is 7.05 Å². The van der Waals surface area contributed by atoms with Gasteiger partial charge in [0.05, 0.1) is 11.9 Å². The van der Waals surface area contributed by atoms with Crippen molar-refractivity contribution in [3.63, 3.8) is 0 Å². The molecule has 0 aliphatic carbocycles. The van der Waals surface area contributed by atoms with Crippen LogP contribution in [0.4, 0.5) is 5.69 Å². The number of aryl methyl sites for hydroxylation is 1. The zero-order valence-corrected chi connectivity index (χ0v) is 15.0. The molecule has 1 aliphatic heterocycles. The molecule has 3 rings (SSSR count). The van der Waals surface area contributed by atoms with Gasteiger partial charge in [-0.25, -0.2) is 0 Å². The smallest absolute Gasteiger partial charge is 0.237 e. The van der Waals surface area contributed by atoms with Gasteiger partial charge in [-0.05, 0) is 24.7 Å². The van der Waals surface area contributed by atoms with Crippen molar-refractivity contribution in [3.05, 3.63) is 48.3 Å². The van der Waals surface area contributed by atoms with Gasteiger partial charge in [-0.1, -0.05) is 30.3 Å². The minimum absolute atomic E-state index is 0.103. The molecular weight excluding hydrogens is 320 g/mol. The summed E-state index contributed by atoms with van der Waals surface area (Å²) in [4.78, 5) is 15.0. The Morgan fingerprint density at radius 1 is 1.38 bits per heavy atom. The van der Waals surface area contributed by atoms with E-state index in [2.05, 4.69) is 15.3 Å². The Labute approximate surface area is 147 Å². The molecule has 0 spiro atoms. The first-order valence-corrected chi connectivity index (χ1v) is 9.58. The summed E-state index contributed by atoms with van der Waals surface area (Å²) in [7, 11) is 1.93. The van der Waals surface area contributed by atoms with Crippen molar-refractivity contribution in [2.75, 3.05) is 24.2 Å². The summed E-state index contributed by atoms with van der Waals surface area (Å²) < 4.78 is 1.82. The fourth-order valence-corrected chi connectivity index (χ4v) is 3.91. The number of amides is 1. The predicted octanol–water partition coefficient (Wildman–Crippen LogP) is 2.61. The Hall–Kier alpha value is -1.95. The van der Waals surface area contributed by atoms with Gasteiger partial charge in [-0.2, -0.15) is 5.10 Å². The van der Waals surface area contributed by atoms with E-state index in [1.165, 1.54) is 0 Å². The molecule has 1 saturated heterocycles. The van der Waals surface area contributed by atoms with E-state index in [0.29, 0.717) is 0 Å². The molecule has 2 heterocycles. The quantitative estimate of drug-likeness (QED) is 0.906. The van der Waals surface area contributed by atoms with E-state index < -0.39 is 0 Å². The number of piperidine rings is 1. The molecule has 1 aromatic heterocycles. The average Bonchev–Trinajstić information content (AvgIpc) is 3.03. The summed E-state index contributed by atoms with van der Waals surface area (Å²) in [5.41, 5.74) is 2.18. The molecule has 1 N–H and O–H groups in total. The highest BCUT2D eigenvalue weighted by Gasteiger charge is 2.26. The largest absolute Gasteiger partial charge is 0.367 e. The van der Waals surface area contributed by atoms with Crippen molar-refractivity contribution >= 4 is 23.4 Å². The Bertz CT molecular complexity index is 673. The van der Waals surface area contributed by atoms with Crippen molar-refractivity contribution < 1.29 is 4.79 Å². The molecule has 1 fully saturated rings. The number of thioether (sulfide) groups is 1. The average molecular weight is 344 g/mol. The standard InChI is InChI=1S/C18H24N4OS/c1-21-13-16(11-19-21)22-10-6-9-15(12-22)20-18(23)17(24-2)14-7-4-3-5-8-14/h3-5,7-8,11,13,15,17H,6,9-10,12H2,1-2H3,(H,20,23)/t15-,17-/m1/s1. The zero-order valence-electron chi connectivity index (χ0n) is 14.2. The monoisotopic (exact) mass is 344 g/mol. The van der Waals surface area contributed by atoms with Gasteiger partial charge < -0.3 is 10.2 Å². The van der Waals surface area contributed by atoms with Gasteiger partial charge in [0.15, 0.2) is 0 Å². The number of benzene rings is 1. The van der Waals surface area contributed by atoms with Gasteiger partial charge in [0.1, 0.15) is 5.25 Å². The molecule has 6 heteroatoms. The van der Waals surface area contributed by atoms with Crippen LogP contribution in [-0.4, -0.2) is 41.1 Å². The number of hydrogen-bond donors (Lipinski definition) is 1. The number of nitrogens with zero attached hydrogens (tertiary/aromatic N) is 3. The van der Waals surface area contributed by atoms with E-state index >= 15 is 0 Å². The second kappa shape index (κ2) is 7.75. The van der Waals surface area contributed by atoms with Crippen LogP contribution in [0.3, 0.4) is 0 Å². The second-order valence-electron chi connectivity index (χ2n) is 6.19. The summed E-state index contributed by atoms with van der Waals surface area (Å²) in [6, 6.07) is 10.2. The Balaban J connectivity index is 1.63. The molecule has 0 unspecified atom stereocenters. The number of aromatic nitrogens is 2. The van der Waals surface area contributed by atoms with E-state index in [9.17, 15) is 4.79 Å². The SMILES string of the molecule is CS[C@@H](C(=O)N[C@@H]1CCCN(c2cnn(C)c2)C1)c1ccccc1. The summed E-state index contributed by atoms with van der Waals surface area (Å²) in [6.45, 7) is 1.86. The highest BCUT2D eigenvalue weighted by Crippen LogP contribution is 2.27. The molecule has 0 saturated carbocycles. The minimum Gasteiger partial charge on any atom is -0.367 e. The fourth-order valence-electron chi connectivity index (χ4n) is 3.20. The van der Waals surface area contributed by atoms with Crippen LogP contribution in [0.15, 0.2) is 42.7 Å². The van der Waals surface area contributed by atoms with Crippen LogP contribution >= 0.6 is 11.8 Å². The van der Waals surface area contributed by atoms with Gasteiger partial charge in [0, 0.05) is 32.4 Å². The molecule has 2 atom stereocenters. The summed E-state index contributed by atoms with van der Waals surface area (Å²) in [5, 5.41) is 7.34. The molecule has 5 nitrogen and oxygen atoms in total. The highest BCUT2D eigenvalue weighted by atomic mass is 32.2. The van der Waals surface area contributed by atoms with Crippen molar-refractivity contribution in [1.29, 1.82) is 0 Å². The highest BCUT2D eigenvalue weighted by molar-refractivity contribution is 7.99. The van der Waals surface area contributed by atoms with Gasteiger partial charge in [0.2, 0.25) is 5.91 Å². The van der Waals surface area contributed by atoms with Crippen molar-refractivity contribution in [1.82, 2.24) is 15.1 Å². The molecule has 1 aliphatic rings. The number of nitrogens with one attached hydrogen (secondary N) is 1. The lowest BCUT2D eigenvalue weighted by atomic mass is 10.0. The van der Waals surface area contributed by atoms with Crippen molar-refractivity contribution in [3.8, 4) is 0 Å². The lowest BCUT2D eigenvalue weighted by molar-refractivity contribution is -0.121. The maximum absolute atomic E-state index is 12.7. The minimum atomic E-state index is -0.153. The normalized spacial score (nSPS) is 19.1. The van der Waals surface area contributed by atoms with Crippen LogP contribution in [0, 0.1) is 0 Å². The molecule has 0 bridgehead atoms. The summed E-state index contributed by atoms with van der Waals surface area (Å²) in [6.07, 6.45) is 8.01. The van der Waals surface area contributed by atoms with E-state index in [4.69, 9.17) is 0 Å². The van der Waals surface area contributed by atoms with Gasteiger partial charge in [-0.15, -0.1) is 11.8 Å². The Morgan fingerprint density at radius 2 is 2.17 bits per heavy atom. The molecule has 128 valence electrons. The summed E-state index contributed by atoms with van der Waals surface area (Å²) in [5.74, 6) is 0.103. The summed E-state index contributed by atoms with van der Waals surface area (Å²) >= 11 is 1.58. The molecule has 2 aromatic rings. The van der Waals surface area contributed by atoms with Crippen LogP contribution in [0.5, 0.6) is 0 Å². The predicted molar refractivity (Wildman–Crippen MR) is 99.3 cm³/mol. The lowest BCUT2D eigenvalue weighted by Gasteiger charge is -2.34. The molecular formula is C18H24N4OS. The van der Waals surface area contributed by atoms with Crippen LogP contribution in [0.25, 0.3) is 0 Å². The van der Waals surface area contributed by atoms with Gasteiger partial charge in [0.25, 0.3) is 0 Å². The molecule has 24 heavy (non-hydrogen) atoms. The van der Waals surface area contributed by atoms with E-state index in [-0.39, 0.29) is 17.2 Å². The second-order valence-corrected chi connectivity index (χ2v) is 7.14. The first-order chi connectivity index (χ1) is 11.7. The van der Waals surface area contributed by atoms with Gasteiger partial charge >= 0.3 is 0 Å². The van der Waals surface area contributed by atoms with E-state index in [1.54, 1.807) is 11.8 Å². The zero-order chi connectivity index (χ0) is 16.9. The van der Waals surface area contributed by atoms with Crippen LogP contribution in [-0.2, 0) is 11.8 Å². The number of anilines is 1. The molecule has 0 radical (unpaired) electrons. The third-order valence-corrected chi connectivity index (χ3v) is 5.36. The van der Waals surface area contributed by atoms with Crippen LogP contribution in [0.2, 0.25) is 0 Å². The fraction of sp³-hybridized carbons (Fsp3) is 0.444. The first kappa shape index (κ1) is 16.9. The lowest BCUT2D eigenvalue weighted by Crippen LogP contribution is -2.48. The Kier molecular flexibility index (Phi) is 5.45. The first-order valence-electron chi connectivity index (χ1n) is 8.29. The van der Waals surface area contributed by atoms with Crippen LogP contribution in [0.1, 0.15) is 23.7 Å². The third kappa shape index (κ3) is 3.93. The Morgan fingerprint density at radius 3 is 2.83 bits per heavy atom. The topological polar surface area (TPSA) is 50.2 Å². The number of hydrogen-bond acceptors (Lipinski definition) is 4. The van der Waals surface area contributed by atoms with Crippen molar-refractivity contribution in [2.45, 2.75) is 24.1 Å². The number of carbonyl (C=O) groups is 1. The van der Waals surface area contributed by atoms with E-state index in [0.717, 1.165) is 37.2 Å². The molecule has 1 aromatic carbocycles. The maximum atomic E-state index is 12.7. The number of rotatable bonds is 5. The number of carbonyl (C=O) groups excluding carboxylic acids is 1. The van der Waals surface area contributed by atoms with Gasteiger partial charge in [-0.3, -0.25) is 9.48 Å². The third-order valence-electron chi connectivity index (χ3n) is 4.40. The van der Waals surface area contributed by atoms with Crippen LogP contribution < -0.4 is 10.2 Å². The maximum Gasteiger partial charge on any atom is 0.237 e. The molecule has 1 amide bonds.